The largest absolute Gasteiger partial charge is 0.497 e. The molecule has 2 aromatic carbocycles. The van der Waals surface area contributed by atoms with Crippen LogP contribution in [0.5, 0.6) is 5.75 Å². The molecule has 0 unspecified atom stereocenters. The molecule has 0 aliphatic carbocycles. The molecule has 0 saturated heterocycles. The number of amides is 1. The fourth-order valence-electron chi connectivity index (χ4n) is 2.34. The Hall–Kier alpha value is -3.14. The van der Waals surface area contributed by atoms with Gasteiger partial charge in [0.1, 0.15) is 11.3 Å². The van der Waals surface area contributed by atoms with Crippen LogP contribution in [0, 0.1) is 0 Å². The topological polar surface area (TPSA) is 123 Å². The lowest BCUT2D eigenvalue weighted by molar-refractivity contribution is 0.201. The molecular weight excluding hydrogens is 348 g/mol. The van der Waals surface area contributed by atoms with Gasteiger partial charge in [-0.2, -0.15) is 0 Å². The van der Waals surface area contributed by atoms with Gasteiger partial charge in [-0.3, -0.25) is 0 Å². The number of hydrogen-bond donors (Lipinski definition) is 2. The smallest absolute Gasteiger partial charge is 0.418 e. The predicted molar refractivity (Wildman–Crippen MR) is 89.2 cm³/mol. The van der Waals surface area contributed by atoms with E-state index in [9.17, 15) is 13.2 Å². The summed E-state index contributed by atoms with van der Waals surface area (Å²) >= 11 is 0. The van der Waals surface area contributed by atoms with Crippen LogP contribution >= 0.6 is 0 Å². The number of rotatable bonds is 5. The lowest BCUT2D eigenvalue weighted by Crippen LogP contribution is -2.29. The van der Waals surface area contributed by atoms with Gasteiger partial charge < -0.3 is 9.84 Å². The van der Waals surface area contributed by atoms with Crippen molar-refractivity contribution in [2.24, 2.45) is 0 Å². The zero-order valence-electron chi connectivity index (χ0n) is 13.1. The average Bonchev–Trinajstić information content (AvgIpc) is 2.97. The van der Waals surface area contributed by atoms with E-state index in [2.05, 4.69) is 10.3 Å². The first-order valence-corrected chi connectivity index (χ1v) is 8.75. The molecule has 9 nitrogen and oxygen atoms in total. The molecule has 0 aliphatic rings. The number of nitrogens with zero attached hydrogens (tertiary/aromatic N) is 3. The number of sulfonamides is 1. The standard InChI is InChI=1S/C15H14N4O5S/c1-24-12-6-7-13-14(8-12)19(18-16-13)11-4-2-10(3-5-11)9-25(22,23)17-15(20)21/h2-8,17H,9H2,1H3,(H,20,21). The summed E-state index contributed by atoms with van der Waals surface area (Å²) in [6.07, 6.45) is -1.61. The lowest BCUT2D eigenvalue weighted by atomic mass is 10.2. The molecule has 3 aromatic rings. The number of methoxy groups -OCH3 is 1. The number of hydrogen-bond acceptors (Lipinski definition) is 6. The van der Waals surface area contributed by atoms with E-state index in [0.717, 1.165) is 5.52 Å². The van der Waals surface area contributed by atoms with Crippen LogP contribution in [0.2, 0.25) is 0 Å². The molecule has 0 radical (unpaired) electrons. The summed E-state index contributed by atoms with van der Waals surface area (Å²) in [5, 5.41) is 16.7. The van der Waals surface area contributed by atoms with Crippen molar-refractivity contribution >= 4 is 27.1 Å². The number of fused-ring (bicyclic) bond motifs is 1. The highest BCUT2D eigenvalue weighted by molar-refractivity contribution is 7.89. The maximum absolute atomic E-state index is 11.6. The van der Waals surface area contributed by atoms with Gasteiger partial charge in [0.25, 0.3) is 0 Å². The summed E-state index contributed by atoms with van der Waals surface area (Å²) in [7, 11) is -2.38. The molecule has 0 bridgehead atoms. The SMILES string of the molecule is COc1ccc2nnn(-c3ccc(CS(=O)(=O)NC(=O)O)cc3)c2c1. The van der Waals surface area contributed by atoms with Crippen molar-refractivity contribution in [1.29, 1.82) is 0 Å². The third kappa shape index (κ3) is 3.69. The Bertz CT molecular complexity index is 1030. The number of carboxylic acid groups (broad SMARTS) is 1. The molecule has 3 rings (SSSR count). The molecule has 1 amide bonds. The van der Waals surface area contributed by atoms with Gasteiger partial charge in [0, 0.05) is 6.07 Å². The van der Waals surface area contributed by atoms with Crippen molar-refractivity contribution in [3.8, 4) is 11.4 Å². The van der Waals surface area contributed by atoms with E-state index in [-0.39, 0.29) is 0 Å². The minimum absolute atomic E-state index is 0.439. The van der Waals surface area contributed by atoms with E-state index < -0.39 is 21.9 Å². The highest BCUT2D eigenvalue weighted by Gasteiger charge is 2.15. The van der Waals surface area contributed by atoms with E-state index >= 15 is 0 Å². The Morgan fingerprint density at radius 2 is 1.96 bits per heavy atom. The van der Waals surface area contributed by atoms with Crippen LogP contribution in [0.3, 0.4) is 0 Å². The van der Waals surface area contributed by atoms with Crippen LogP contribution in [0.1, 0.15) is 5.56 Å². The molecule has 130 valence electrons. The van der Waals surface area contributed by atoms with Crippen molar-refractivity contribution in [2.45, 2.75) is 5.75 Å². The third-order valence-corrected chi connectivity index (χ3v) is 4.63. The second-order valence-electron chi connectivity index (χ2n) is 5.19. The summed E-state index contributed by atoms with van der Waals surface area (Å²) in [6.45, 7) is 0. The number of carbonyl (C=O) groups is 1. The molecular formula is C15H14N4O5S. The zero-order chi connectivity index (χ0) is 18.0. The number of aromatic nitrogens is 3. The Labute approximate surface area is 142 Å². The summed E-state index contributed by atoms with van der Waals surface area (Å²) in [5.41, 5.74) is 2.56. The zero-order valence-corrected chi connectivity index (χ0v) is 13.9. The van der Waals surface area contributed by atoms with Crippen LogP contribution in [0.15, 0.2) is 42.5 Å². The van der Waals surface area contributed by atoms with E-state index in [1.54, 1.807) is 54.3 Å². The van der Waals surface area contributed by atoms with Gasteiger partial charge in [0.05, 0.1) is 24.1 Å². The predicted octanol–water partition coefficient (Wildman–Crippen LogP) is 1.53. The second kappa shape index (κ2) is 6.40. The fourth-order valence-corrected chi connectivity index (χ4v) is 3.31. The maximum Gasteiger partial charge on any atom is 0.418 e. The Balaban J connectivity index is 1.89. The van der Waals surface area contributed by atoms with Crippen molar-refractivity contribution in [2.75, 3.05) is 7.11 Å². The van der Waals surface area contributed by atoms with Gasteiger partial charge in [-0.25, -0.2) is 22.6 Å². The van der Waals surface area contributed by atoms with E-state index in [1.165, 1.54) is 4.72 Å². The molecule has 25 heavy (non-hydrogen) atoms. The van der Waals surface area contributed by atoms with Crippen LogP contribution in [-0.2, 0) is 15.8 Å². The highest BCUT2D eigenvalue weighted by atomic mass is 32.2. The summed E-state index contributed by atoms with van der Waals surface area (Å²) in [4.78, 5) is 10.5. The third-order valence-electron chi connectivity index (χ3n) is 3.43. The Morgan fingerprint density at radius 3 is 2.60 bits per heavy atom. The van der Waals surface area contributed by atoms with Crippen LogP contribution in [-0.4, -0.2) is 41.7 Å². The Morgan fingerprint density at radius 1 is 1.24 bits per heavy atom. The van der Waals surface area contributed by atoms with Crippen molar-refractivity contribution < 1.29 is 23.1 Å². The first kappa shape index (κ1) is 16.7. The lowest BCUT2D eigenvalue weighted by Gasteiger charge is -2.06. The fraction of sp³-hybridized carbons (Fsp3) is 0.133. The van der Waals surface area contributed by atoms with Gasteiger partial charge in [-0.05, 0) is 29.8 Å². The summed E-state index contributed by atoms with van der Waals surface area (Å²) in [6, 6.07) is 11.9. The minimum Gasteiger partial charge on any atom is -0.497 e. The quantitative estimate of drug-likeness (QED) is 0.705. The monoisotopic (exact) mass is 362 g/mol. The van der Waals surface area contributed by atoms with Crippen molar-refractivity contribution in [1.82, 2.24) is 19.7 Å². The summed E-state index contributed by atoms with van der Waals surface area (Å²) in [5.74, 6) is 0.226. The Kier molecular flexibility index (Phi) is 4.28. The minimum atomic E-state index is -3.95. The molecule has 0 saturated carbocycles. The molecule has 0 atom stereocenters. The van der Waals surface area contributed by atoms with Gasteiger partial charge >= 0.3 is 6.09 Å². The molecule has 1 aromatic heterocycles. The second-order valence-corrected chi connectivity index (χ2v) is 6.91. The van der Waals surface area contributed by atoms with Gasteiger partial charge in [-0.1, -0.05) is 17.3 Å². The molecule has 1 heterocycles. The molecule has 2 N–H and O–H groups in total. The first-order chi connectivity index (χ1) is 11.9. The maximum atomic E-state index is 11.6. The van der Waals surface area contributed by atoms with E-state index in [0.29, 0.717) is 22.5 Å². The van der Waals surface area contributed by atoms with Crippen molar-refractivity contribution in [3.63, 3.8) is 0 Å². The average molecular weight is 362 g/mol. The van der Waals surface area contributed by atoms with E-state index in [4.69, 9.17) is 9.84 Å². The summed E-state index contributed by atoms with van der Waals surface area (Å²) < 4.78 is 31.6. The van der Waals surface area contributed by atoms with Crippen LogP contribution < -0.4 is 9.46 Å². The van der Waals surface area contributed by atoms with E-state index in [1.807, 2.05) is 0 Å². The van der Waals surface area contributed by atoms with Gasteiger partial charge in [-0.15, -0.1) is 5.10 Å². The number of ether oxygens (including phenoxy) is 1. The van der Waals surface area contributed by atoms with Crippen LogP contribution in [0.25, 0.3) is 16.7 Å². The van der Waals surface area contributed by atoms with Gasteiger partial charge in [0.2, 0.25) is 10.0 Å². The number of benzene rings is 2. The normalized spacial score (nSPS) is 11.4. The van der Waals surface area contributed by atoms with Gasteiger partial charge in [0.15, 0.2) is 0 Å². The first-order valence-electron chi connectivity index (χ1n) is 7.10. The molecule has 0 aliphatic heterocycles. The molecule has 0 spiro atoms. The number of nitrogens with one attached hydrogen (secondary N) is 1. The molecule has 0 fully saturated rings. The molecule has 10 heteroatoms. The van der Waals surface area contributed by atoms with Crippen LogP contribution in [0.4, 0.5) is 4.79 Å². The highest BCUT2D eigenvalue weighted by Crippen LogP contribution is 2.22. The van der Waals surface area contributed by atoms with Crippen molar-refractivity contribution in [3.05, 3.63) is 48.0 Å².